The number of aromatic nitrogens is 1. The van der Waals surface area contributed by atoms with E-state index in [-0.39, 0.29) is 6.03 Å². The number of carbonyl (C=O) groups excluding carboxylic acids is 1. The third kappa shape index (κ3) is 2.28. The van der Waals surface area contributed by atoms with Gasteiger partial charge in [-0.1, -0.05) is 11.6 Å². The molecular formula is C11H12ClN3O. The molecule has 0 fully saturated rings. The van der Waals surface area contributed by atoms with E-state index in [4.69, 9.17) is 11.6 Å². The second-order valence-corrected chi connectivity index (χ2v) is 3.90. The Kier molecular flexibility index (Phi) is 3.01. The lowest BCUT2D eigenvalue weighted by Crippen LogP contribution is -2.32. The highest BCUT2D eigenvalue weighted by Crippen LogP contribution is 2.19. The fourth-order valence-corrected chi connectivity index (χ4v) is 1.70. The van der Waals surface area contributed by atoms with Crippen LogP contribution in [0.1, 0.15) is 5.69 Å². The Balaban J connectivity index is 2.16. The van der Waals surface area contributed by atoms with Crippen LogP contribution in [-0.2, 0) is 6.54 Å². The van der Waals surface area contributed by atoms with Crippen molar-refractivity contribution in [2.24, 2.45) is 0 Å². The molecule has 0 saturated heterocycles. The van der Waals surface area contributed by atoms with Crippen LogP contribution < -0.4 is 10.6 Å². The number of halogens is 1. The Morgan fingerprint density at radius 2 is 2.25 bits per heavy atom. The largest absolute Gasteiger partial charge is 0.357 e. The molecule has 0 unspecified atom stereocenters. The molecule has 0 aliphatic carbocycles. The number of urea groups is 1. The first-order valence-electron chi connectivity index (χ1n) is 4.92. The van der Waals surface area contributed by atoms with Gasteiger partial charge in [-0.15, -0.1) is 0 Å². The third-order valence-corrected chi connectivity index (χ3v) is 2.54. The highest BCUT2D eigenvalue weighted by atomic mass is 35.5. The summed E-state index contributed by atoms with van der Waals surface area (Å²) < 4.78 is 0. The highest BCUT2D eigenvalue weighted by Gasteiger charge is 2.02. The van der Waals surface area contributed by atoms with Crippen molar-refractivity contribution in [2.75, 3.05) is 7.05 Å². The van der Waals surface area contributed by atoms with E-state index in [0.29, 0.717) is 11.6 Å². The SMILES string of the molecule is CNC(=O)NCc1cc2cc(Cl)ccc2[nH]1. The molecule has 0 saturated carbocycles. The fraction of sp³-hybridized carbons (Fsp3) is 0.182. The molecule has 0 aliphatic rings. The summed E-state index contributed by atoms with van der Waals surface area (Å²) in [5, 5.41) is 6.95. The third-order valence-electron chi connectivity index (χ3n) is 2.31. The molecule has 84 valence electrons. The second kappa shape index (κ2) is 4.45. The van der Waals surface area contributed by atoms with Crippen LogP contribution in [0.25, 0.3) is 10.9 Å². The number of H-pyrrole nitrogens is 1. The number of benzene rings is 1. The number of rotatable bonds is 2. The number of hydrogen-bond acceptors (Lipinski definition) is 1. The van der Waals surface area contributed by atoms with Gasteiger partial charge >= 0.3 is 6.03 Å². The Morgan fingerprint density at radius 1 is 1.44 bits per heavy atom. The van der Waals surface area contributed by atoms with E-state index < -0.39 is 0 Å². The van der Waals surface area contributed by atoms with Crippen molar-refractivity contribution in [3.63, 3.8) is 0 Å². The van der Waals surface area contributed by atoms with Gasteiger partial charge in [-0.05, 0) is 24.3 Å². The molecule has 2 amide bonds. The Hall–Kier alpha value is -1.68. The van der Waals surface area contributed by atoms with E-state index in [0.717, 1.165) is 16.6 Å². The quantitative estimate of drug-likeness (QED) is 0.737. The molecule has 5 heteroatoms. The van der Waals surface area contributed by atoms with Gasteiger partial charge in [0.15, 0.2) is 0 Å². The average molecular weight is 238 g/mol. The van der Waals surface area contributed by atoms with Crippen molar-refractivity contribution in [1.29, 1.82) is 0 Å². The van der Waals surface area contributed by atoms with Crippen molar-refractivity contribution < 1.29 is 4.79 Å². The number of hydrogen-bond donors (Lipinski definition) is 3. The molecular weight excluding hydrogens is 226 g/mol. The molecule has 1 heterocycles. The van der Waals surface area contributed by atoms with Crippen LogP contribution in [-0.4, -0.2) is 18.1 Å². The molecule has 1 aromatic carbocycles. The monoisotopic (exact) mass is 237 g/mol. The van der Waals surface area contributed by atoms with Crippen LogP contribution in [0.2, 0.25) is 5.02 Å². The maximum absolute atomic E-state index is 11.0. The zero-order chi connectivity index (χ0) is 11.5. The van der Waals surface area contributed by atoms with Crippen molar-refractivity contribution in [2.45, 2.75) is 6.54 Å². The number of aromatic amines is 1. The number of fused-ring (bicyclic) bond motifs is 1. The van der Waals surface area contributed by atoms with Crippen LogP contribution in [0.15, 0.2) is 24.3 Å². The van der Waals surface area contributed by atoms with Crippen molar-refractivity contribution in [3.8, 4) is 0 Å². The molecule has 1 aromatic heterocycles. The van der Waals surface area contributed by atoms with Crippen LogP contribution in [0.3, 0.4) is 0 Å². The van der Waals surface area contributed by atoms with E-state index in [1.165, 1.54) is 0 Å². The van der Waals surface area contributed by atoms with Gasteiger partial charge in [0.2, 0.25) is 0 Å². The van der Waals surface area contributed by atoms with E-state index in [2.05, 4.69) is 15.6 Å². The lowest BCUT2D eigenvalue weighted by atomic mass is 10.2. The summed E-state index contributed by atoms with van der Waals surface area (Å²) in [4.78, 5) is 14.2. The topological polar surface area (TPSA) is 56.9 Å². The van der Waals surface area contributed by atoms with Crippen LogP contribution in [0, 0.1) is 0 Å². The summed E-state index contributed by atoms with van der Waals surface area (Å²) in [6.07, 6.45) is 0. The predicted molar refractivity (Wildman–Crippen MR) is 64.6 cm³/mol. The van der Waals surface area contributed by atoms with Crippen LogP contribution >= 0.6 is 11.6 Å². The van der Waals surface area contributed by atoms with Crippen molar-refractivity contribution in [1.82, 2.24) is 15.6 Å². The molecule has 16 heavy (non-hydrogen) atoms. The zero-order valence-electron chi connectivity index (χ0n) is 8.80. The summed E-state index contributed by atoms with van der Waals surface area (Å²) in [5.74, 6) is 0. The molecule has 0 radical (unpaired) electrons. The summed E-state index contributed by atoms with van der Waals surface area (Å²) >= 11 is 5.88. The standard InChI is InChI=1S/C11H12ClN3O/c1-13-11(16)14-6-9-5-7-4-8(12)2-3-10(7)15-9/h2-5,15H,6H2,1H3,(H2,13,14,16). The smallest absolute Gasteiger partial charge is 0.314 e. The van der Waals surface area contributed by atoms with Crippen molar-refractivity contribution in [3.05, 3.63) is 35.0 Å². The minimum Gasteiger partial charge on any atom is -0.357 e. The second-order valence-electron chi connectivity index (χ2n) is 3.46. The minimum atomic E-state index is -0.198. The van der Waals surface area contributed by atoms with Crippen molar-refractivity contribution >= 4 is 28.5 Å². The van der Waals surface area contributed by atoms with Crippen LogP contribution in [0.5, 0.6) is 0 Å². The number of carbonyl (C=O) groups is 1. The summed E-state index contributed by atoms with van der Waals surface area (Å²) in [5.41, 5.74) is 1.96. The molecule has 3 N–H and O–H groups in total. The van der Waals surface area contributed by atoms with Gasteiger partial charge in [0.25, 0.3) is 0 Å². The predicted octanol–water partition coefficient (Wildman–Crippen LogP) is 2.25. The molecule has 0 atom stereocenters. The lowest BCUT2D eigenvalue weighted by molar-refractivity contribution is 0.242. The Labute approximate surface area is 98.0 Å². The number of nitrogens with one attached hydrogen (secondary N) is 3. The maximum Gasteiger partial charge on any atom is 0.314 e. The first-order valence-corrected chi connectivity index (χ1v) is 5.29. The first kappa shape index (κ1) is 10.8. The van der Waals surface area contributed by atoms with Gasteiger partial charge in [0.1, 0.15) is 0 Å². The normalized spacial score (nSPS) is 10.4. The fourth-order valence-electron chi connectivity index (χ4n) is 1.52. The first-order chi connectivity index (χ1) is 7.69. The van der Waals surface area contributed by atoms with E-state index >= 15 is 0 Å². The summed E-state index contributed by atoms with van der Waals surface area (Å²) in [7, 11) is 1.58. The highest BCUT2D eigenvalue weighted by molar-refractivity contribution is 6.31. The average Bonchev–Trinajstić information content (AvgIpc) is 2.67. The van der Waals surface area contributed by atoms with E-state index in [9.17, 15) is 4.79 Å². The van der Waals surface area contributed by atoms with Gasteiger partial charge < -0.3 is 15.6 Å². The maximum atomic E-state index is 11.0. The Morgan fingerprint density at radius 3 is 3.00 bits per heavy atom. The van der Waals surface area contributed by atoms with Gasteiger partial charge in [-0.2, -0.15) is 0 Å². The van der Waals surface area contributed by atoms with Gasteiger partial charge in [0.05, 0.1) is 6.54 Å². The number of amides is 2. The van der Waals surface area contributed by atoms with Crippen LogP contribution in [0.4, 0.5) is 4.79 Å². The molecule has 2 rings (SSSR count). The molecule has 2 aromatic rings. The lowest BCUT2D eigenvalue weighted by Gasteiger charge is -2.01. The van der Waals surface area contributed by atoms with E-state index in [1.807, 2.05) is 24.3 Å². The molecule has 4 nitrogen and oxygen atoms in total. The molecule has 0 spiro atoms. The van der Waals surface area contributed by atoms with Gasteiger partial charge in [-0.3, -0.25) is 0 Å². The minimum absolute atomic E-state index is 0.198. The Bertz CT molecular complexity index is 521. The van der Waals surface area contributed by atoms with Gasteiger partial charge in [-0.25, -0.2) is 4.79 Å². The van der Waals surface area contributed by atoms with E-state index in [1.54, 1.807) is 7.05 Å². The van der Waals surface area contributed by atoms with Gasteiger partial charge in [0, 0.05) is 28.7 Å². The summed E-state index contributed by atoms with van der Waals surface area (Å²) in [6.45, 7) is 0.464. The zero-order valence-corrected chi connectivity index (χ0v) is 9.56. The molecule has 0 aliphatic heterocycles. The summed E-state index contributed by atoms with van der Waals surface area (Å²) in [6, 6.07) is 7.41. The molecule has 0 bridgehead atoms.